The lowest BCUT2D eigenvalue weighted by Crippen LogP contribution is -2.38. The fourth-order valence-electron chi connectivity index (χ4n) is 3.64. The number of aliphatic imine (C=N–C) groups is 1. The molecule has 1 aliphatic rings. The molecule has 2 amide bonds. The Morgan fingerprint density at radius 2 is 1.94 bits per heavy atom. The molecule has 0 aliphatic carbocycles. The summed E-state index contributed by atoms with van der Waals surface area (Å²) in [6, 6.07) is 2.10. The van der Waals surface area contributed by atoms with Crippen LogP contribution in [0.15, 0.2) is 16.6 Å². The van der Waals surface area contributed by atoms with Crippen molar-refractivity contribution >= 4 is 40.8 Å². The fraction of sp³-hybridized carbons (Fsp3) is 0.640. The van der Waals surface area contributed by atoms with Crippen molar-refractivity contribution in [3.63, 3.8) is 0 Å². The van der Waals surface area contributed by atoms with Gasteiger partial charge in [0.1, 0.15) is 5.84 Å². The van der Waals surface area contributed by atoms with Crippen LogP contribution in [-0.4, -0.2) is 48.7 Å². The molecule has 0 atom stereocenters. The van der Waals surface area contributed by atoms with Crippen molar-refractivity contribution < 1.29 is 9.59 Å². The largest absolute Gasteiger partial charge is 0.387 e. The maximum absolute atomic E-state index is 13.4. The molecular formula is C25H41N5O2S. The molecule has 8 heteroatoms. The second-order valence-electron chi connectivity index (χ2n) is 9.66. The molecule has 5 N–H and O–H groups in total. The van der Waals surface area contributed by atoms with E-state index in [1.54, 1.807) is 11.3 Å². The lowest BCUT2D eigenvalue weighted by atomic mass is 9.96. The van der Waals surface area contributed by atoms with E-state index < -0.39 is 5.41 Å². The Hall–Kier alpha value is -2.19. The quantitative estimate of drug-likeness (QED) is 0.397. The minimum Gasteiger partial charge on any atom is -0.387 e. The highest BCUT2D eigenvalue weighted by Gasteiger charge is 2.23. The third-order valence-electron chi connectivity index (χ3n) is 5.49. The molecule has 0 saturated heterocycles. The summed E-state index contributed by atoms with van der Waals surface area (Å²) in [5.74, 6) is 0.494. The molecular weight excluding hydrogens is 434 g/mol. The van der Waals surface area contributed by atoms with Crippen molar-refractivity contribution in [1.29, 1.82) is 0 Å². The first kappa shape index (κ1) is 27.1. The van der Waals surface area contributed by atoms with Crippen LogP contribution in [0.5, 0.6) is 0 Å². The Kier molecular flexibility index (Phi) is 10.6. The Morgan fingerprint density at radius 3 is 2.61 bits per heavy atom. The molecule has 2 rings (SSSR count). The molecule has 0 unspecified atom stereocenters. The van der Waals surface area contributed by atoms with Gasteiger partial charge in [0, 0.05) is 41.9 Å². The van der Waals surface area contributed by atoms with Gasteiger partial charge in [0.2, 0.25) is 11.8 Å². The Balaban J connectivity index is 2.06. The highest BCUT2D eigenvalue weighted by Crippen LogP contribution is 2.35. The Bertz CT molecular complexity index is 867. The number of nitrogens with zero attached hydrogens (tertiary/aromatic N) is 2. The zero-order valence-corrected chi connectivity index (χ0v) is 21.5. The highest BCUT2D eigenvalue weighted by molar-refractivity contribution is 7.13. The first-order chi connectivity index (χ1) is 15.7. The molecule has 1 aromatic heterocycles. The number of hydrogen-bond acceptors (Lipinski definition) is 6. The normalized spacial score (nSPS) is 13.6. The number of thiophene rings is 1. The van der Waals surface area contributed by atoms with Crippen molar-refractivity contribution in [3.8, 4) is 0 Å². The SMILES string of the molecule is CCCN(CCCNC(=O)C(C)(C)C)C(=O)C1=Cc2sc(CCCCCN)cc2N=C(N)C1. The van der Waals surface area contributed by atoms with Crippen LogP contribution >= 0.6 is 11.3 Å². The molecule has 0 bridgehead atoms. The number of hydrogen-bond donors (Lipinski definition) is 3. The smallest absolute Gasteiger partial charge is 0.250 e. The van der Waals surface area contributed by atoms with Crippen molar-refractivity contribution in [3.05, 3.63) is 21.4 Å². The van der Waals surface area contributed by atoms with Gasteiger partial charge in [-0.1, -0.05) is 34.1 Å². The molecule has 33 heavy (non-hydrogen) atoms. The highest BCUT2D eigenvalue weighted by atomic mass is 32.1. The number of amides is 2. The molecule has 0 fully saturated rings. The van der Waals surface area contributed by atoms with Crippen LogP contribution < -0.4 is 16.8 Å². The van der Waals surface area contributed by atoms with Crippen molar-refractivity contribution in [1.82, 2.24) is 10.2 Å². The van der Waals surface area contributed by atoms with Gasteiger partial charge >= 0.3 is 0 Å². The standard InChI is InChI=1S/C25H41N5O2S/c1-5-13-30(14-9-12-28-24(32)25(2,3)4)23(31)18-15-21-20(29-22(27)16-18)17-19(33-21)10-7-6-8-11-26/h15,17H,5-14,16,26H2,1-4H3,(H2,27,29)(H,28,32). The number of aryl methyl sites for hydroxylation is 1. The van der Waals surface area contributed by atoms with E-state index in [0.717, 1.165) is 49.2 Å². The Morgan fingerprint density at radius 1 is 1.18 bits per heavy atom. The van der Waals surface area contributed by atoms with Gasteiger partial charge < -0.3 is 21.7 Å². The second-order valence-corrected chi connectivity index (χ2v) is 10.8. The van der Waals surface area contributed by atoms with E-state index in [0.29, 0.717) is 43.9 Å². The summed E-state index contributed by atoms with van der Waals surface area (Å²) in [5, 5.41) is 2.96. The van der Waals surface area contributed by atoms with E-state index >= 15 is 0 Å². The van der Waals surface area contributed by atoms with Crippen molar-refractivity contribution in [2.75, 3.05) is 26.2 Å². The summed E-state index contributed by atoms with van der Waals surface area (Å²) in [6.45, 7) is 10.3. The van der Waals surface area contributed by atoms with Gasteiger partial charge in [0.05, 0.1) is 10.6 Å². The van der Waals surface area contributed by atoms with Crippen LogP contribution in [0.1, 0.15) is 76.0 Å². The zero-order chi connectivity index (χ0) is 24.4. The van der Waals surface area contributed by atoms with Crippen LogP contribution in [0.3, 0.4) is 0 Å². The van der Waals surface area contributed by atoms with E-state index in [2.05, 4.69) is 23.3 Å². The molecule has 1 aliphatic heterocycles. The molecule has 2 heterocycles. The molecule has 7 nitrogen and oxygen atoms in total. The van der Waals surface area contributed by atoms with Crippen LogP contribution in [0.4, 0.5) is 5.69 Å². The van der Waals surface area contributed by atoms with Gasteiger partial charge in [-0.25, -0.2) is 4.99 Å². The van der Waals surface area contributed by atoms with Gasteiger partial charge in [-0.3, -0.25) is 9.59 Å². The topological polar surface area (TPSA) is 114 Å². The van der Waals surface area contributed by atoms with Crippen LogP contribution in [0.25, 0.3) is 6.08 Å². The number of nitrogens with two attached hydrogens (primary N) is 2. The number of rotatable bonds is 12. The third kappa shape index (κ3) is 8.59. The molecule has 0 spiro atoms. The van der Waals surface area contributed by atoms with Gasteiger partial charge in [-0.05, 0) is 50.8 Å². The van der Waals surface area contributed by atoms with E-state index in [1.807, 2.05) is 31.7 Å². The predicted molar refractivity (Wildman–Crippen MR) is 139 cm³/mol. The maximum atomic E-state index is 13.4. The number of nitrogens with one attached hydrogen (secondary N) is 1. The molecule has 0 aromatic carbocycles. The van der Waals surface area contributed by atoms with Crippen molar-refractivity contribution in [2.45, 2.75) is 72.6 Å². The molecule has 0 saturated carbocycles. The third-order valence-corrected chi connectivity index (χ3v) is 6.62. The number of amidine groups is 1. The van der Waals surface area contributed by atoms with Crippen LogP contribution in [0, 0.1) is 5.41 Å². The lowest BCUT2D eigenvalue weighted by Gasteiger charge is -2.24. The first-order valence-electron chi connectivity index (χ1n) is 12.1. The van der Waals surface area contributed by atoms with Crippen molar-refractivity contribution in [2.24, 2.45) is 21.9 Å². The average molecular weight is 476 g/mol. The fourth-order valence-corrected chi connectivity index (χ4v) is 4.75. The van der Waals surface area contributed by atoms with Gasteiger partial charge in [-0.2, -0.15) is 0 Å². The number of unbranched alkanes of at least 4 members (excludes halogenated alkanes) is 2. The van der Waals surface area contributed by atoms with Gasteiger partial charge in [0.25, 0.3) is 0 Å². The van der Waals surface area contributed by atoms with Crippen LogP contribution in [-0.2, 0) is 16.0 Å². The summed E-state index contributed by atoms with van der Waals surface area (Å²) in [5.41, 5.74) is 12.9. The zero-order valence-electron chi connectivity index (χ0n) is 20.7. The lowest BCUT2D eigenvalue weighted by molar-refractivity contribution is -0.128. The van der Waals surface area contributed by atoms with E-state index in [1.165, 1.54) is 4.88 Å². The maximum Gasteiger partial charge on any atom is 0.250 e. The summed E-state index contributed by atoms with van der Waals surface area (Å²) in [7, 11) is 0. The summed E-state index contributed by atoms with van der Waals surface area (Å²) < 4.78 is 0. The van der Waals surface area contributed by atoms with Gasteiger partial charge in [0.15, 0.2) is 0 Å². The number of carbonyl (C=O) groups is 2. The Labute approximate surface area is 202 Å². The van der Waals surface area contributed by atoms with Crippen LogP contribution in [0.2, 0.25) is 0 Å². The number of carbonyl (C=O) groups excluding carboxylic acids is 2. The molecule has 0 radical (unpaired) electrons. The van der Waals surface area contributed by atoms with Gasteiger partial charge in [-0.15, -0.1) is 11.3 Å². The molecule has 184 valence electrons. The number of fused-ring (bicyclic) bond motifs is 1. The molecule has 1 aromatic rings. The first-order valence-corrected chi connectivity index (χ1v) is 12.9. The van der Waals surface area contributed by atoms with E-state index in [4.69, 9.17) is 11.5 Å². The summed E-state index contributed by atoms with van der Waals surface area (Å²) in [6.07, 6.45) is 8.16. The summed E-state index contributed by atoms with van der Waals surface area (Å²) >= 11 is 1.69. The average Bonchev–Trinajstić information content (AvgIpc) is 3.04. The minimum atomic E-state index is -0.414. The predicted octanol–water partition coefficient (Wildman–Crippen LogP) is 3.99. The monoisotopic (exact) mass is 475 g/mol. The second kappa shape index (κ2) is 12.9. The van der Waals surface area contributed by atoms with E-state index in [9.17, 15) is 9.59 Å². The van der Waals surface area contributed by atoms with E-state index in [-0.39, 0.29) is 11.8 Å². The summed E-state index contributed by atoms with van der Waals surface area (Å²) in [4.78, 5) is 34.2. The minimum absolute atomic E-state index is 0.00268.